The van der Waals surface area contributed by atoms with Crippen LogP contribution in [0.25, 0.3) is 0 Å². The molecule has 0 radical (unpaired) electrons. The number of fused-ring (bicyclic) bond motifs is 5. The Kier molecular flexibility index (Phi) is 6.63. The second-order valence-electron chi connectivity index (χ2n) is 11.9. The van der Waals surface area contributed by atoms with Gasteiger partial charge in [-0.25, -0.2) is 8.42 Å². The summed E-state index contributed by atoms with van der Waals surface area (Å²) >= 11 is 0. The standard InChI is InChI=1S/C25H42O6S/c1-5-17-21-14-16(26)8-11-25(21,4)20-9-12-24(3)18(6-7-19(24)22(20)23(17)27)15(2)10-13-31-32(28,29)30/h15,17-23,27H,5-14H2,1-4H3,(H,28,29,30)/p-1/t15-,17-,18-,19+,20+,21+,22+,23-,24-,25-/m1/s1. The van der Waals surface area contributed by atoms with Gasteiger partial charge < -0.3 is 9.66 Å². The van der Waals surface area contributed by atoms with Crippen molar-refractivity contribution in [1.82, 2.24) is 0 Å². The number of Topliss-reactive ketones (excluding diaryl/α,β-unsaturated/α-hetero) is 1. The highest BCUT2D eigenvalue weighted by Gasteiger charge is 2.64. The monoisotopic (exact) mass is 469 g/mol. The van der Waals surface area contributed by atoms with E-state index >= 15 is 0 Å². The highest BCUT2D eigenvalue weighted by molar-refractivity contribution is 7.80. The first-order chi connectivity index (χ1) is 14.9. The van der Waals surface area contributed by atoms with Crippen LogP contribution in [-0.4, -0.2) is 36.6 Å². The van der Waals surface area contributed by atoms with E-state index in [4.69, 9.17) is 0 Å². The van der Waals surface area contributed by atoms with Gasteiger partial charge in [-0.2, -0.15) is 0 Å². The number of aliphatic hydroxyl groups excluding tert-OH is 1. The zero-order valence-electron chi connectivity index (χ0n) is 20.1. The maximum absolute atomic E-state index is 12.3. The molecule has 4 aliphatic rings. The lowest BCUT2D eigenvalue weighted by molar-refractivity contribution is -0.194. The van der Waals surface area contributed by atoms with Gasteiger partial charge >= 0.3 is 0 Å². The number of carbonyl (C=O) groups excluding carboxylic acids is 1. The van der Waals surface area contributed by atoms with Gasteiger partial charge in [0.2, 0.25) is 10.4 Å². The molecular formula is C25H41O6S-. The van der Waals surface area contributed by atoms with Crippen molar-refractivity contribution < 1.29 is 27.1 Å². The molecule has 32 heavy (non-hydrogen) atoms. The summed E-state index contributed by atoms with van der Waals surface area (Å²) in [5.74, 6) is 2.78. The number of aliphatic hydroxyl groups is 1. The molecule has 7 heteroatoms. The third-order valence-corrected chi connectivity index (χ3v) is 11.3. The molecule has 4 fully saturated rings. The fourth-order valence-electron chi connectivity index (χ4n) is 9.28. The van der Waals surface area contributed by atoms with Crippen molar-refractivity contribution in [2.24, 2.45) is 52.3 Å². The van der Waals surface area contributed by atoms with Gasteiger partial charge in [0, 0.05) is 12.8 Å². The predicted molar refractivity (Wildman–Crippen MR) is 120 cm³/mol. The van der Waals surface area contributed by atoms with Crippen LogP contribution in [0.15, 0.2) is 0 Å². The molecule has 4 rings (SSSR count). The van der Waals surface area contributed by atoms with Crippen LogP contribution in [0.5, 0.6) is 0 Å². The van der Waals surface area contributed by atoms with Crippen molar-refractivity contribution in [1.29, 1.82) is 0 Å². The molecule has 0 aromatic heterocycles. The third-order valence-electron chi connectivity index (χ3n) is 10.8. The molecule has 0 aromatic rings. The van der Waals surface area contributed by atoms with Crippen molar-refractivity contribution in [3.8, 4) is 0 Å². The predicted octanol–water partition coefficient (Wildman–Crippen LogP) is 4.32. The summed E-state index contributed by atoms with van der Waals surface area (Å²) < 4.78 is 36.9. The van der Waals surface area contributed by atoms with Crippen LogP contribution in [0.2, 0.25) is 0 Å². The van der Waals surface area contributed by atoms with Crippen molar-refractivity contribution in [2.45, 2.75) is 91.6 Å². The Labute approximate surface area is 193 Å². The molecule has 6 nitrogen and oxygen atoms in total. The van der Waals surface area contributed by atoms with Gasteiger partial charge in [-0.3, -0.25) is 8.98 Å². The van der Waals surface area contributed by atoms with E-state index in [1.165, 1.54) is 0 Å². The first-order valence-electron chi connectivity index (χ1n) is 12.7. The molecule has 0 heterocycles. The van der Waals surface area contributed by atoms with Crippen molar-refractivity contribution in [3.05, 3.63) is 0 Å². The smallest absolute Gasteiger partial charge is 0.217 e. The van der Waals surface area contributed by atoms with Gasteiger partial charge in [0.25, 0.3) is 0 Å². The molecule has 0 aromatic carbocycles. The van der Waals surface area contributed by atoms with E-state index in [1.807, 2.05) is 0 Å². The van der Waals surface area contributed by atoms with Gasteiger partial charge in [-0.1, -0.05) is 34.1 Å². The normalized spacial score (nSPS) is 47.4. The van der Waals surface area contributed by atoms with E-state index < -0.39 is 10.4 Å². The minimum Gasteiger partial charge on any atom is -0.726 e. The summed E-state index contributed by atoms with van der Waals surface area (Å²) in [6, 6.07) is 0. The Morgan fingerprint density at radius 1 is 1.12 bits per heavy atom. The summed E-state index contributed by atoms with van der Waals surface area (Å²) in [6.07, 6.45) is 7.82. The molecule has 0 unspecified atom stereocenters. The van der Waals surface area contributed by atoms with Crippen LogP contribution in [-0.2, 0) is 19.4 Å². The Hall–Kier alpha value is -0.500. The zero-order valence-corrected chi connectivity index (χ0v) is 20.9. The maximum Gasteiger partial charge on any atom is 0.217 e. The summed E-state index contributed by atoms with van der Waals surface area (Å²) in [5, 5.41) is 11.7. The number of carbonyl (C=O) groups is 1. The van der Waals surface area contributed by atoms with Crippen LogP contribution in [0.1, 0.15) is 85.5 Å². The minimum absolute atomic E-state index is 0.0510. The summed E-state index contributed by atoms with van der Waals surface area (Å²) in [6.45, 7) is 9.07. The van der Waals surface area contributed by atoms with E-state index in [-0.39, 0.29) is 41.3 Å². The molecular weight excluding hydrogens is 428 g/mol. The molecule has 0 spiro atoms. The first kappa shape index (κ1) is 24.6. The second-order valence-corrected chi connectivity index (χ2v) is 13.0. The van der Waals surface area contributed by atoms with Crippen LogP contribution < -0.4 is 0 Å². The number of rotatable bonds is 6. The molecule has 1 N–H and O–H groups in total. The molecule has 0 bridgehead atoms. The Balaban J connectivity index is 1.56. The summed E-state index contributed by atoms with van der Waals surface area (Å²) in [7, 11) is -4.64. The van der Waals surface area contributed by atoms with E-state index in [0.717, 1.165) is 38.5 Å². The lowest BCUT2D eigenvalue weighted by Gasteiger charge is -2.64. The van der Waals surface area contributed by atoms with Crippen LogP contribution in [0, 0.1) is 52.3 Å². The Morgan fingerprint density at radius 3 is 2.47 bits per heavy atom. The van der Waals surface area contributed by atoms with Crippen LogP contribution in [0.3, 0.4) is 0 Å². The quantitative estimate of drug-likeness (QED) is 0.459. The van der Waals surface area contributed by atoms with Gasteiger partial charge in [-0.05, 0) is 90.8 Å². The van der Waals surface area contributed by atoms with E-state index in [9.17, 15) is 22.9 Å². The molecule has 4 aliphatic carbocycles. The fourth-order valence-corrected chi connectivity index (χ4v) is 9.58. The minimum atomic E-state index is -4.64. The van der Waals surface area contributed by atoms with E-state index in [1.54, 1.807) is 0 Å². The van der Waals surface area contributed by atoms with Crippen molar-refractivity contribution >= 4 is 16.2 Å². The van der Waals surface area contributed by atoms with Gasteiger partial charge in [-0.15, -0.1) is 0 Å². The largest absolute Gasteiger partial charge is 0.726 e. The molecule has 0 amide bonds. The third kappa shape index (κ3) is 3.99. The van der Waals surface area contributed by atoms with Gasteiger partial charge in [0.1, 0.15) is 5.78 Å². The van der Waals surface area contributed by atoms with Crippen LogP contribution >= 0.6 is 0 Å². The zero-order chi connectivity index (χ0) is 23.5. The highest BCUT2D eigenvalue weighted by atomic mass is 32.3. The Morgan fingerprint density at radius 2 is 1.81 bits per heavy atom. The number of ketones is 1. The van der Waals surface area contributed by atoms with Crippen molar-refractivity contribution in [3.63, 3.8) is 0 Å². The maximum atomic E-state index is 12.3. The topological polar surface area (TPSA) is 104 Å². The average Bonchev–Trinajstić information content (AvgIpc) is 3.06. The average molecular weight is 470 g/mol. The summed E-state index contributed by atoms with van der Waals surface area (Å²) in [5.41, 5.74) is 0.254. The molecule has 10 atom stereocenters. The summed E-state index contributed by atoms with van der Waals surface area (Å²) in [4.78, 5) is 12.3. The lowest BCUT2D eigenvalue weighted by atomic mass is 9.41. The molecule has 184 valence electrons. The molecule has 0 saturated heterocycles. The SMILES string of the molecule is CC[C@H]1[C@@H](O)[C@@H]2[C@H](CC[C@]3(C)[C@@H]([C@H](C)CCOS(=O)(=O)[O-])CC[C@@H]23)[C@@]2(C)CCC(=O)C[C@@H]12. The van der Waals surface area contributed by atoms with Crippen molar-refractivity contribution in [2.75, 3.05) is 6.61 Å². The highest BCUT2D eigenvalue weighted by Crippen LogP contribution is 2.69. The number of hydrogen-bond donors (Lipinski definition) is 1. The van der Waals surface area contributed by atoms with E-state index in [0.29, 0.717) is 48.7 Å². The molecule has 0 aliphatic heterocycles. The number of hydrogen-bond acceptors (Lipinski definition) is 6. The van der Waals surface area contributed by atoms with Gasteiger partial charge in [0.05, 0.1) is 12.7 Å². The Bertz CT molecular complexity index is 826. The lowest BCUT2D eigenvalue weighted by Crippen LogP contribution is -2.61. The van der Waals surface area contributed by atoms with Gasteiger partial charge in [0.15, 0.2) is 0 Å². The second kappa shape index (κ2) is 8.62. The molecule has 4 saturated carbocycles. The first-order valence-corrected chi connectivity index (χ1v) is 14.1. The van der Waals surface area contributed by atoms with E-state index in [2.05, 4.69) is 31.9 Å². The fraction of sp³-hybridized carbons (Fsp3) is 0.960. The van der Waals surface area contributed by atoms with Crippen LogP contribution in [0.4, 0.5) is 0 Å².